The standard InChI is InChI=1S/C54H28N2O6P2/c57-63-49-37-21-11-23-39(49)59-41-25-29-13-7-9-19-33(29)47(53(41)63)61-43-28-36-35(45(51(43)63)55(37)31-15-3-1-4-16-31)27-44-52-46(36)56(32-17-5-2-6-18-32)38-22-12-24-40-50(38)64(52,58)54-42(60-40)26-30-14-8-10-20-34(30)48(54)62-44/h1-28H. The second kappa shape index (κ2) is 11.2. The molecule has 0 aliphatic carbocycles. The average molecular weight is 863 g/mol. The summed E-state index contributed by atoms with van der Waals surface area (Å²) >= 11 is 0. The molecule has 6 heterocycles. The Morgan fingerprint density at radius 1 is 0.328 bits per heavy atom. The third-order valence-electron chi connectivity index (χ3n) is 13.8. The third-order valence-corrected chi connectivity index (χ3v) is 20.2. The molecular weight excluding hydrogens is 835 g/mol. The van der Waals surface area contributed by atoms with Gasteiger partial charge in [-0.1, -0.05) is 97.1 Å². The number of hydrogen-bond acceptors (Lipinski definition) is 8. The minimum atomic E-state index is -3.74. The van der Waals surface area contributed by atoms with Crippen molar-refractivity contribution in [2.24, 2.45) is 0 Å². The van der Waals surface area contributed by atoms with E-state index in [1.54, 1.807) is 0 Å². The van der Waals surface area contributed by atoms with Crippen LogP contribution in [-0.2, 0) is 9.13 Å². The fourth-order valence-corrected chi connectivity index (χ4v) is 18.2. The van der Waals surface area contributed by atoms with E-state index >= 15 is 9.13 Å². The number of benzene rings is 10. The summed E-state index contributed by atoms with van der Waals surface area (Å²) in [5, 5.41) is 8.65. The van der Waals surface area contributed by atoms with Crippen molar-refractivity contribution in [2.45, 2.75) is 0 Å². The molecular formula is C54H28N2O6P2. The van der Waals surface area contributed by atoms with E-state index in [9.17, 15) is 0 Å². The lowest BCUT2D eigenvalue weighted by Gasteiger charge is -2.46. The van der Waals surface area contributed by atoms with Crippen molar-refractivity contribution < 1.29 is 28.1 Å². The normalized spacial score (nSPS) is 19.0. The zero-order chi connectivity index (χ0) is 41.8. The highest BCUT2D eigenvalue weighted by atomic mass is 31.2. The topological polar surface area (TPSA) is 77.5 Å². The Hall–Kier alpha value is -7.76. The molecule has 10 heteroatoms. The summed E-state index contributed by atoms with van der Waals surface area (Å²) in [7, 11) is -7.49. The first-order valence-electron chi connectivity index (χ1n) is 21.2. The van der Waals surface area contributed by atoms with Gasteiger partial charge in [-0.05, 0) is 83.6 Å². The predicted octanol–water partition coefficient (Wildman–Crippen LogP) is 12.4. The largest absolute Gasteiger partial charge is 0.455 e. The monoisotopic (exact) mass is 862 g/mol. The Bertz CT molecular complexity index is 3740. The molecule has 0 bridgehead atoms. The second-order valence-corrected chi connectivity index (χ2v) is 22.1. The molecule has 6 aliphatic rings. The van der Waals surface area contributed by atoms with Crippen LogP contribution < -0.4 is 60.6 Å². The third kappa shape index (κ3) is 3.76. The fraction of sp³-hybridized carbons (Fsp3) is 0. The summed E-state index contributed by atoms with van der Waals surface area (Å²) in [5.41, 5.74) is 4.67. The maximum absolute atomic E-state index is 17.1. The molecule has 10 aromatic rings. The fourth-order valence-electron chi connectivity index (χ4n) is 11.4. The van der Waals surface area contributed by atoms with Crippen LogP contribution in [0.2, 0.25) is 0 Å². The van der Waals surface area contributed by atoms with Gasteiger partial charge in [0.15, 0.2) is 14.3 Å². The van der Waals surface area contributed by atoms with Crippen molar-refractivity contribution in [3.05, 3.63) is 170 Å². The Labute approximate surface area is 364 Å². The second-order valence-electron chi connectivity index (χ2n) is 17.0. The number of anilines is 6. The number of rotatable bonds is 2. The molecule has 0 N–H and O–H groups in total. The van der Waals surface area contributed by atoms with E-state index in [0.29, 0.717) is 89.2 Å². The molecule has 0 radical (unpaired) electrons. The molecule has 0 aromatic heterocycles. The molecule has 0 spiro atoms. The van der Waals surface area contributed by atoms with Crippen molar-refractivity contribution in [1.29, 1.82) is 0 Å². The van der Waals surface area contributed by atoms with Crippen LogP contribution in [-0.4, -0.2) is 0 Å². The van der Waals surface area contributed by atoms with E-state index in [2.05, 4.69) is 34.1 Å². The summed E-state index contributed by atoms with van der Waals surface area (Å²) in [4.78, 5) is 4.39. The zero-order valence-electron chi connectivity index (χ0n) is 33.4. The van der Waals surface area contributed by atoms with Gasteiger partial charge in [-0.2, -0.15) is 0 Å². The Kier molecular flexibility index (Phi) is 5.94. The minimum absolute atomic E-state index is 0.474. The van der Waals surface area contributed by atoms with Gasteiger partial charge >= 0.3 is 0 Å². The Morgan fingerprint density at radius 2 is 0.734 bits per heavy atom. The van der Waals surface area contributed by atoms with E-state index < -0.39 is 14.3 Å². The summed E-state index contributed by atoms with van der Waals surface area (Å²) in [6.45, 7) is 0. The molecule has 2 unspecified atom stereocenters. The van der Waals surface area contributed by atoms with E-state index in [-0.39, 0.29) is 0 Å². The molecule has 2 atom stereocenters. The van der Waals surface area contributed by atoms with Gasteiger partial charge < -0.3 is 37.9 Å². The summed E-state index contributed by atoms with van der Waals surface area (Å²) in [6, 6.07) is 56.2. The van der Waals surface area contributed by atoms with Gasteiger partial charge in [0.05, 0.1) is 44.0 Å². The minimum Gasteiger partial charge on any atom is -0.455 e. The molecule has 10 aromatic carbocycles. The first-order chi connectivity index (χ1) is 31.5. The smallest absolute Gasteiger partial charge is 0.189 e. The highest BCUT2D eigenvalue weighted by molar-refractivity contribution is 7.87. The Balaban J connectivity index is 1.13. The highest BCUT2D eigenvalue weighted by Crippen LogP contribution is 2.70. The van der Waals surface area contributed by atoms with Crippen LogP contribution in [0, 0.1) is 0 Å². The first-order valence-corrected chi connectivity index (χ1v) is 24.6. The number of hydrogen-bond donors (Lipinski definition) is 0. The van der Waals surface area contributed by atoms with Crippen LogP contribution in [0.5, 0.6) is 46.0 Å². The number of ether oxygens (including phenoxy) is 4. The zero-order valence-corrected chi connectivity index (χ0v) is 35.2. The molecule has 64 heavy (non-hydrogen) atoms. The molecule has 0 saturated heterocycles. The lowest BCUT2D eigenvalue weighted by Crippen LogP contribution is -2.44. The molecule has 16 rings (SSSR count). The number of fused-ring (bicyclic) bond motifs is 7. The maximum atomic E-state index is 17.1. The quantitative estimate of drug-likeness (QED) is 0.159. The van der Waals surface area contributed by atoms with Gasteiger partial charge in [-0.25, -0.2) is 0 Å². The molecule has 6 aliphatic heterocycles. The molecule has 0 fully saturated rings. The maximum Gasteiger partial charge on any atom is 0.189 e. The van der Waals surface area contributed by atoms with E-state index in [4.69, 9.17) is 18.9 Å². The average Bonchev–Trinajstić information content (AvgIpc) is 3.32. The van der Waals surface area contributed by atoms with E-state index in [1.165, 1.54) is 0 Å². The van der Waals surface area contributed by atoms with Crippen molar-refractivity contribution >= 4 is 113 Å². The number of para-hydroxylation sites is 2. The van der Waals surface area contributed by atoms with E-state index in [0.717, 1.165) is 55.1 Å². The van der Waals surface area contributed by atoms with Crippen molar-refractivity contribution in [3.8, 4) is 46.0 Å². The predicted molar refractivity (Wildman–Crippen MR) is 255 cm³/mol. The van der Waals surface area contributed by atoms with Crippen LogP contribution in [0.25, 0.3) is 32.3 Å². The molecule has 0 saturated carbocycles. The van der Waals surface area contributed by atoms with Gasteiger partial charge in [0, 0.05) is 32.9 Å². The lowest BCUT2D eigenvalue weighted by molar-refractivity contribution is 0.464. The lowest BCUT2D eigenvalue weighted by atomic mass is 10.00. The van der Waals surface area contributed by atoms with Gasteiger partial charge in [-0.15, -0.1) is 0 Å². The van der Waals surface area contributed by atoms with Crippen LogP contribution in [0.1, 0.15) is 0 Å². The van der Waals surface area contributed by atoms with Crippen molar-refractivity contribution in [2.75, 3.05) is 9.80 Å². The van der Waals surface area contributed by atoms with E-state index in [1.807, 2.05) is 146 Å². The molecule has 300 valence electrons. The summed E-state index contributed by atoms with van der Waals surface area (Å²) < 4.78 is 62.3. The van der Waals surface area contributed by atoms with Gasteiger partial charge in [0.1, 0.15) is 56.6 Å². The van der Waals surface area contributed by atoms with Gasteiger partial charge in [-0.3, -0.25) is 0 Å². The highest BCUT2D eigenvalue weighted by Gasteiger charge is 2.57. The Morgan fingerprint density at radius 3 is 1.19 bits per heavy atom. The molecule has 8 nitrogen and oxygen atoms in total. The first kappa shape index (κ1) is 33.8. The van der Waals surface area contributed by atoms with Crippen molar-refractivity contribution in [1.82, 2.24) is 0 Å². The van der Waals surface area contributed by atoms with Crippen LogP contribution in [0.15, 0.2) is 170 Å². The van der Waals surface area contributed by atoms with Crippen LogP contribution in [0.3, 0.4) is 0 Å². The van der Waals surface area contributed by atoms with Gasteiger partial charge in [0.25, 0.3) is 0 Å². The van der Waals surface area contributed by atoms with Crippen LogP contribution in [0.4, 0.5) is 34.1 Å². The summed E-state index contributed by atoms with van der Waals surface area (Å²) in [5.74, 6) is 4.15. The SMILES string of the molecule is O=P12c3c4cccc3N(c3ccccc3)c3c1c(cc1c5c6c(cc31)Oc1c3c(cc7ccccc17)Oc1cccc(c1P36=O)N5c1ccccc1)Oc1c2c(cc2ccccc12)O4. The van der Waals surface area contributed by atoms with Crippen molar-refractivity contribution in [3.63, 3.8) is 0 Å². The molecule has 0 amide bonds. The number of nitrogens with zero attached hydrogens (tertiary/aromatic N) is 2. The summed E-state index contributed by atoms with van der Waals surface area (Å²) in [6.07, 6.45) is 0. The van der Waals surface area contributed by atoms with Gasteiger partial charge in [0.2, 0.25) is 0 Å². The van der Waals surface area contributed by atoms with Crippen LogP contribution >= 0.6 is 14.3 Å².